The fraction of sp³-hybridized carbons (Fsp3) is 0.889. The molecular weight excluding hydrogens is 152 g/mol. The molecule has 4 rings (SSSR count). The SMILES string of the molecule is CC1C2CC3CN(C2)C(=O)N1C3. The maximum atomic E-state index is 11.6. The Labute approximate surface area is 72.3 Å². The number of rotatable bonds is 0. The molecule has 0 aliphatic carbocycles. The molecule has 0 saturated carbocycles. The highest BCUT2D eigenvalue weighted by Gasteiger charge is 2.48. The molecule has 4 aliphatic heterocycles. The summed E-state index contributed by atoms with van der Waals surface area (Å²) in [4.78, 5) is 15.7. The monoisotopic (exact) mass is 166 g/mol. The lowest BCUT2D eigenvalue weighted by Gasteiger charge is -2.56. The van der Waals surface area contributed by atoms with E-state index in [1.165, 1.54) is 6.42 Å². The zero-order chi connectivity index (χ0) is 8.29. The van der Waals surface area contributed by atoms with Crippen LogP contribution >= 0.6 is 0 Å². The van der Waals surface area contributed by atoms with E-state index in [1.54, 1.807) is 0 Å². The zero-order valence-corrected chi connectivity index (χ0v) is 7.36. The van der Waals surface area contributed by atoms with Gasteiger partial charge < -0.3 is 9.80 Å². The van der Waals surface area contributed by atoms with Crippen LogP contribution in [0.25, 0.3) is 0 Å². The lowest BCUT2D eigenvalue weighted by molar-refractivity contribution is -0.0335. The van der Waals surface area contributed by atoms with E-state index in [2.05, 4.69) is 11.8 Å². The molecule has 3 unspecified atom stereocenters. The van der Waals surface area contributed by atoms with Gasteiger partial charge in [-0.15, -0.1) is 0 Å². The van der Waals surface area contributed by atoms with E-state index in [1.807, 2.05) is 4.90 Å². The minimum absolute atomic E-state index is 0.287. The Kier molecular flexibility index (Phi) is 1.10. The molecule has 4 aliphatic rings. The molecule has 12 heavy (non-hydrogen) atoms. The summed E-state index contributed by atoms with van der Waals surface area (Å²) in [6, 6.07) is 0.792. The Balaban J connectivity index is 1.98. The fourth-order valence-corrected chi connectivity index (χ4v) is 3.02. The molecule has 0 aromatic carbocycles. The van der Waals surface area contributed by atoms with Crippen LogP contribution in [0, 0.1) is 11.8 Å². The van der Waals surface area contributed by atoms with Gasteiger partial charge in [0.1, 0.15) is 0 Å². The van der Waals surface area contributed by atoms with E-state index in [0.29, 0.717) is 6.04 Å². The molecule has 4 bridgehead atoms. The summed E-state index contributed by atoms with van der Waals surface area (Å²) >= 11 is 0. The molecule has 2 amide bonds. The topological polar surface area (TPSA) is 23.6 Å². The van der Waals surface area contributed by atoms with E-state index >= 15 is 0 Å². The molecule has 4 saturated heterocycles. The van der Waals surface area contributed by atoms with Crippen LogP contribution in [-0.4, -0.2) is 41.5 Å². The van der Waals surface area contributed by atoms with Crippen LogP contribution in [0.4, 0.5) is 4.79 Å². The van der Waals surface area contributed by atoms with Crippen molar-refractivity contribution in [3.63, 3.8) is 0 Å². The lowest BCUT2D eigenvalue weighted by atomic mass is 9.78. The average molecular weight is 166 g/mol. The Morgan fingerprint density at radius 2 is 2.17 bits per heavy atom. The van der Waals surface area contributed by atoms with Crippen LogP contribution in [0.15, 0.2) is 0 Å². The molecule has 0 N–H and O–H groups in total. The van der Waals surface area contributed by atoms with Crippen LogP contribution in [0.1, 0.15) is 13.3 Å². The van der Waals surface area contributed by atoms with Gasteiger partial charge in [-0.05, 0) is 25.2 Å². The average Bonchev–Trinajstić information content (AvgIpc) is 2.07. The third kappa shape index (κ3) is 0.648. The van der Waals surface area contributed by atoms with Gasteiger partial charge in [0, 0.05) is 25.7 Å². The third-order valence-electron chi connectivity index (χ3n) is 3.71. The third-order valence-corrected chi connectivity index (χ3v) is 3.71. The second kappa shape index (κ2) is 1.95. The van der Waals surface area contributed by atoms with Gasteiger partial charge in [-0.1, -0.05) is 0 Å². The summed E-state index contributed by atoms with van der Waals surface area (Å²) in [7, 11) is 0. The van der Waals surface area contributed by atoms with Crippen molar-refractivity contribution in [2.24, 2.45) is 11.8 Å². The lowest BCUT2D eigenvalue weighted by Crippen LogP contribution is -2.68. The van der Waals surface area contributed by atoms with Crippen molar-refractivity contribution in [3.8, 4) is 0 Å². The molecule has 4 heterocycles. The first-order valence-electron chi connectivity index (χ1n) is 4.81. The minimum Gasteiger partial charge on any atom is -0.324 e. The molecule has 3 atom stereocenters. The first-order chi connectivity index (χ1) is 5.75. The van der Waals surface area contributed by atoms with Crippen LogP contribution in [0.3, 0.4) is 0 Å². The van der Waals surface area contributed by atoms with Crippen LogP contribution in [-0.2, 0) is 0 Å². The summed E-state index contributed by atoms with van der Waals surface area (Å²) in [6.07, 6.45) is 1.35. The van der Waals surface area contributed by atoms with Crippen LogP contribution in [0.2, 0.25) is 0 Å². The number of urea groups is 1. The quantitative estimate of drug-likeness (QED) is 0.521. The van der Waals surface area contributed by atoms with Crippen molar-refractivity contribution in [2.75, 3.05) is 19.6 Å². The van der Waals surface area contributed by atoms with E-state index < -0.39 is 0 Å². The fourth-order valence-electron chi connectivity index (χ4n) is 3.02. The summed E-state index contributed by atoms with van der Waals surface area (Å²) in [5.41, 5.74) is 0. The van der Waals surface area contributed by atoms with Crippen molar-refractivity contribution in [3.05, 3.63) is 0 Å². The molecule has 0 radical (unpaired) electrons. The normalized spacial score (nSPS) is 44.4. The maximum absolute atomic E-state index is 11.6. The Morgan fingerprint density at radius 1 is 1.33 bits per heavy atom. The first kappa shape index (κ1) is 6.75. The highest BCUT2D eigenvalue weighted by molar-refractivity contribution is 5.77. The predicted octanol–water partition coefficient (Wildman–Crippen LogP) is 0.762. The minimum atomic E-state index is 0.287. The van der Waals surface area contributed by atoms with Crippen molar-refractivity contribution in [1.29, 1.82) is 0 Å². The zero-order valence-electron chi connectivity index (χ0n) is 7.36. The number of hydrogen-bond donors (Lipinski definition) is 0. The highest BCUT2D eigenvalue weighted by atomic mass is 16.2. The summed E-state index contributed by atoms with van der Waals surface area (Å²) in [5, 5.41) is 0. The largest absolute Gasteiger partial charge is 0.324 e. The van der Waals surface area contributed by atoms with E-state index in [9.17, 15) is 4.79 Å². The van der Waals surface area contributed by atoms with Gasteiger partial charge in [-0.2, -0.15) is 0 Å². The number of nitrogens with zero attached hydrogens (tertiary/aromatic N) is 2. The number of carbonyl (C=O) groups is 1. The van der Waals surface area contributed by atoms with Gasteiger partial charge in [-0.25, -0.2) is 4.79 Å². The Bertz CT molecular complexity index is 241. The van der Waals surface area contributed by atoms with Gasteiger partial charge in [0.25, 0.3) is 0 Å². The number of hydrogen-bond acceptors (Lipinski definition) is 1. The second-order valence-electron chi connectivity index (χ2n) is 4.44. The molecule has 4 fully saturated rings. The van der Waals surface area contributed by atoms with E-state index in [0.717, 1.165) is 31.5 Å². The number of carbonyl (C=O) groups excluding carboxylic acids is 1. The molecule has 0 aromatic heterocycles. The standard InChI is InChI=1S/C9H14N2O/c1-6-8-2-7-3-10(5-8)9(12)11(6)4-7/h6-8H,2-5H2,1H3. The summed E-state index contributed by atoms with van der Waals surface area (Å²) in [5.74, 6) is 1.54. The van der Waals surface area contributed by atoms with Gasteiger partial charge in [0.05, 0.1) is 0 Å². The smallest absolute Gasteiger partial charge is 0.320 e. The van der Waals surface area contributed by atoms with Gasteiger partial charge in [0.15, 0.2) is 0 Å². The summed E-state index contributed by atoms with van der Waals surface area (Å²) in [6.45, 7) is 5.26. The van der Waals surface area contributed by atoms with Gasteiger partial charge in [-0.3, -0.25) is 0 Å². The number of piperidine rings is 2. The molecule has 3 heteroatoms. The van der Waals surface area contributed by atoms with Crippen molar-refractivity contribution in [2.45, 2.75) is 19.4 Å². The van der Waals surface area contributed by atoms with Crippen molar-refractivity contribution < 1.29 is 4.79 Å². The van der Waals surface area contributed by atoms with Crippen molar-refractivity contribution in [1.82, 2.24) is 9.80 Å². The molecule has 66 valence electrons. The second-order valence-corrected chi connectivity index (χ2v) is 4.44. The predicted molar refractivity (Wildman–Crippen MR) is 44.7 cm³/mol. The van der Waals surface area contributed by atoms with Crippen LogP contribution < -0.4 is 0 Å². The Morgan fingerprint density at radius 3 is 3.00 bits per heavy atom. The van der Waals surface area contributed by atoms with Gasteiger partial charge in [0.2, 0.25) is 0 Å². The Hall–Kier alpha value is -0.730. The number of amides is 2. The first-order valence-corrected chi connectivity index (χ1v) is 4.81. The van der Waals surface area contributed by atoms with Crippen molar-refractivity contribution >= 4 is 6.03 Å². The summed E-state index contributed by atoms with van der Waals surface area (Å²) < 4.78 is 0. The molecule has 0 spiro atoms. The highest BCUT2D eigenvalue weighted by Crippen LogP contribution is 2.38. The molecule has 3 nitrogen and oxygen atoms in total. The molecular formula is C9H14N2O. The molecule has 0 aromatic rings. The van der Waals surface area contributed by atoms with Gasteiger partial charge >= 0.3 is 6.03 Å². The van der Waals surface area contributed by atoms with Crippen LogP contribution in [0.5, 0.6) is 0 Å². The van der Waals surface area contributed by atoms with E-state index in [4.69, 9.17) is 0 Å². The maximum Gasteiger partial charge on any atom is 0.320 e. The van der Waals surface area contributed by atoms with E-state index in [-0.39, 0.29) is 6.03 Å².